The number of unbranched alkanes of at least 4 members (excludes halogenated alkanes) is 6. The van der Waals surface area contributed by atoms with E-state index in [1.165, 1.54) is 57.1 Å². The lowest BCUT2D eigenvalue weighted by Crippen LogP contribution is -2.37. The van der Waals surface area contributed by atoms with Crippen molar-refractivity contribution in [3.8, 4) is 0 Å². The van der Waals surface area contributed by atoms with Crippen LogP contribution in [0.25, 0.3) is 0 Å². The van der Waals surface area contributed by atoms with Gasteiger partial charge in [-0.2, -0.15) is 0 Å². The van der Waals surface area contributed by atoms with Crippen molar-refractivity contribution in [1.29, 1.82) is 0 Å². The fourth-order valence-electron chi connectivity index (χ4n) is 3.03. The summed E-state index contributed by atoms with van der Waals surface area (Å²) in [5.41, 5.74) is 0.971. The monoisotopic (exact) mass is 384 g/mol. The van der Waals surface area contributed by atoms with Crippen LogP contribution < -0.4 is 5.32 Å². The van der Waals surface area contributed by atoms with Crippen molar-refractivity contribution in [2.24, 2.45) is 0 Å². The van der Waals surface area contributed by atoms with Crippen molar-refractivity contribution in [2.75, 3.05) is 17.6 Å². The van der Waals surface area contributed by atoms with Gasteiger partial charge in [0.15, 0.2) is 5.11 Å². The minimum absolute atomic E-state index is 0.528. The number of nitrogens with one attached hydrogen (secondary N) is 1. The molecule has 2 nitrogen and oxygen atoms in total. The van der Waals surface area contributed by atoms with Crippen molar-refractivity contribution in [2.45, 2.75) is 63.7 Å². The van der Waals surface area contributed by atoms with Gasteiger partial charge in [0.05, 0.1) is 5.37 Å². The summed E-state index contributed by atoms with van der Waals surface area (Å²) in [6.45, 7) is 3.31. The molecule has 1 aromatic carbocycles. The number of hydrogen-bond donors (Lipinski definition) is 1. The third-order valence-electron chi connectivity index (χ3n) is 4.38. The zero-order chi connectivity index (χ0) is 17.2. The van der Waals surface area contributed by atoms with Gasteiger partial charge in [0.25, 0.3) is 0 Å². The van der Waals surface area contributed by atoms with E-state index in [1.807, 2.05) is 36.0 Å². The summed E-state index contributed by atoms with van der Waals surface area (Å²) in [4.78, 5) is 2.35. The van der Waals surface area contributed by atoms with Crippen LogP contribution in [-0.2, 0) is 0 Å². The Balaban J connectivity index is 1.70. The molecule has 0 bridgehead atoms. The first kappa shape index (κ1) is 19.9. The number of rotatable bonds is 9. The number of benzene rings is 1. The lowest BCUT2D eigenvalue weighted by atomic mass is 10.1. The fourth-order valence-corrected chi connectivity index (χ4v) is 4.92. The molecule has 2 rings (SSSR count). The van der Waals surface area contributed by atoms with Crippen LogP contribution >= 0.6 is 35.6 Å². The van der Waals surface area contributed by atoms with Crippen molar-refractivity contribution in [1.82, 2.24) is 4.90 Å². The lowest BCUT2D eigenvalue weighted by molar-refractivity contribution is 0.413. The molecule has 1 aromatic rings. The van der Waals surface area contributed by atoms with Gasteiger partial charge in [-0.1, -0.05) is 69.5 Å². The van der Waals surface area contributed by atoms with Crippen LogP contribution in [0.15, 0.2) is 24.3 Å². The first-order valence-electron chi connectivity index (χ1n) is 9.15. The first-order chi connectivity index (χ1) is 11.7. The molecule has 1 heterocycles. The quantitative estimate of drug-likeness (QED) is 0.383. The molecule has 134 valence electrons. The van der Waals surface area contributed by atoms with E-state index < -0.39 is 0 Å². The van der Waals surface area contributed by atoms with E-state index in [-0.39, 0.29) is 0 Å². The number of nitrogens with zero attached hydrogens (tertiary/aromatic N) is 1. The van der Waals surface area contributed by atoms with Gasteiger partial charge in [-0.3, -0.25) is 0 Å². The maximum absolute atomic E-state index is 6.05. The van der Waals surface area contributed by atoms with Gasteiger partial charge >= 0.3 is 0 Å². The third kappa shape index (κ3) is 6.81. The summed E-state index contributed by atoms with van der Waals surface area (Å²) in [5, 5.41) is 5.43. The molecular formula is C19H29ClN2S2. The summed E-state index contributed by atoms with van der Waals surface area (Å²) >= 11 is 13.7. The molecule has 1 aliphatic heterocycles. The predicted molar refractivity (Wildman–Crippen MR) is 113 cm³/mol. The minimum Gasteiger partial charge on any atom is -0.336 e. The highest BCUT2D eigenvalue weighted by molar-refractivity contribution is 8.00. The Morgan fingerprint density at radius 3 is 2.75 bits per heavy atom. The van der Waals surface area contributed by atoms with Crippen molar-refractivity contribution < 1.29 is 0 Å². The first-order valence-corrected chi connectivity index (χ1v) is 11.0. The topological polar surface area (TPSA) is 15.3 Å². The maximum Gasteiger partial charge on any atom is 0.174 e. The van der Waals surface area contributed by atoms with Crippen LogP contribution in [0.4, 0.5) is 5.69 Å². The Morgan fingerprint density at radius 2 is 2.00 bits per heavy atom. The summed E-state index contributed by atoms with van der Waals surface area (Å²) in [5.74, 6) is 1.17. The molecule has 0 aliphatic carbocycles. The second-order valence-corrected chi connectivity index (χ2v) is 8.48. The van der Waals surface area contributed by atoms with Gasteiger partial charge < -0.3 is 10.2 Å². The number of thiocarbonyl (C=S) groups is 1. The Hall–Kier alpha value is -0.450. The van der Waals surface area contributed by atoms with E-state index in [9.17, 15) is 0 Å². The van der Waals surface area contributed by atoms with Crippen LogP contribution in [0.5, 0.6) is 0 Å². The largest absolute Gasteiger partial charge is 0.336 e. The van der Waals surface area contributed by atoms with Gasteiger partial charge in [0.2, 0.25) is 0 Å². The van der Waals surface area contributed by atoms with Gasteiger partial charge in [-0.25, -0.2) is 0 Å². The number of halogens is 1. The van der Waals surface area contributed by atoms with Crippen molar-refractivity contribution >= 4 is 46.4 Å². The number of anilines is 1. The Labute approximate surface area is 161 Å². The zero-order valence-electron chi connectivity index (χ0n) is 14.6. The Kier molecular flexibility index (Phi) is 9.29. The van der Waals surface area contributed by atoms with Gasteiger partial charge in [-0.05, 0) is 36.8 Å². The number of hydrogen-bond acceptors (Lipinski definition) is 2. The molecule has 0 aromatic heterocycles. The molecule has 1 fully saturated rings. The van der Waals surface area contributed by atoms with Crippen molar-refractivity contribution in [3.63, 3.8) is 0 Å². The summed E-state index contributed by atoms with van der Waals surface area (Å²) in [7, 11) is 0. The van der Waals surface area contributed by atoms with Gasteiger partial charge in [0.1, 0.15) is 0 Å². The van der Waals surface area contributed by atoms with Crippen LogP contribution in [-0.4, -0.2) is 27.7 Å². The molecule has 5 heteroatoms. The van der Waals surface area contributed by atoms with E-state index >= 15 is 0 Å². The van der Waals surface area contributed by atoms with E-state index in [1.54, 1.807) is 0 Å². The highest BCUT2D eigenvalue weighted by Gasteiger charge is 2.26. The van der Waals surface area contributed by atoms with Crippen LogP contribution in [0.1, 0.15) is 58.3 Å². The van der Waals surface area contributed by atoms with Crippen molar-refractivity contribution in [3.05, 3.63) is 29.3 Å². The molecule has 1 N–H and O–H groups in total. The van der Waals surface area contributed by atoms with Gasteiger partial charge in [0, 0.05) is 23.0 Å². The molecule has 0 radical (unpaired) electrons. The molecular weight excluding hydrogens is 356 g/mol. The lowest BCUT2D eigenvalue weighted by Gasteiger charge is -2.27. The van der Waals surface area contributed by atoms with Gasteiger partial charge in [-0.15, -0.1) is 11.8 Å². The SMILES string of the molecule is CCCCCCCCCC1SCCN1C(=S)Nc1cccc(Cl)c1. The molecule has 1 atom stereocenters. The second kappa shape index (κ2) is 11.2. The Morgan fingerprint density at radius 1 is 1.25 bits per heavy atom. The molecule has 1 aliphatic rings. The smallest absolute Gasteiger partial charge is 0.174 e. The predicted octanol–water partition coefficient (Wildman–Crippen LogP) is 6.55. The fraction of sp³-hybridized carbons (Fsp3) is 0.632. The zero-order valence-corrected chi connectivity index (χ0v) is 17.0. The van der Waals surface area contributed by atoms with Crippen LogP contribution in [0, 0.1) is 0 Å². The normalized spacial score (nSPS) is 17.2. The van der Waals surface area contributed by atoms with Crippen LogP contribution in [0.2, 0.25) is 5.02 Å². The summed E-state index contributed by atoms with van der Waals surface area (Å²) < 4.78 is 0. The average molecular weight is 385 g/mol. The van der Waals surface area contributed by atoms with Crippen LogP contribution in [0.3, 0.4) is 0 Å². The highest BCUT2D eigenvalue weighted by atomic mass is 35.5. The molecule has 0 saturated carbocycles. The third-order valence-corrected chi connectivity index (χ3v) is 6.25. The van der Waals surface area contributed by atoms with E-state index in [0.29, 0.717) is 5.37 Å². The molecule has 24 heavy (non-hydrogen) atoms. The van der Waals surface area contributed by atoms with E-state index in [2.05, 4.69) is 17.1 Å². The summed E-state index contributed by atoms with van der Waals surface area (Å²) in [6.07, 6.45) is 10.8. The summed E-state index contributed by atoms with van der Waals surface area (Å²) in [6, 6.07) is 7.75. The maximum atomic E-state index is 6.05. The molecule has 0 spiro atoms. The number of thioether (sulfide) groups is 1. The molecule has 1 saturated heterocycles. The average Bonchev–Trinajstić information content (AvgIpc) is 3.02. The molecule has 0 amide bonds. The highest BCUT2D eigenvalue weighted by Crippen LogP contribution is 2.29. The minimum atomic E-state index is 0.528. The van der Waals surface area contributed by atoms with E-state index in [0.717, 1.165) is 22.4 Å². The van der Waals surface area contributed by atoms with E-state index in [4.69, 9.17) is 23.8 Å². The molecule has 1 unspecified atom stereocenters. The second-order valence-electron chi connectivity index (χ2n) is 6.37. The Bertz CT molecular complexity index is 510. The standard InChI is InChI=1S/C19H29ClN2S2/c1-2-3-4-5-6-7-8-12-18-22(13-14-24-18)19(23)21-17-11-9-10-16(20)15-17/h9-11,15,18H,2-8,12-14H2,1H3,(H,21,23).